The first-order chi connectivity index (χ1) is 8.67. The number of thiazole rings is 1. The fourth-order valence-electron chi connectivity index (χ4n) is 1.47. The largest absolute Gasteiger partial charge is 0.384 e. The molecule has 0 unspecified atom stereocenters. The molecule has 18 heavy (non-hydrogen) atoms. The molecule has 0 radical (unpaired) electrons. The summed E-state index contributed by atoms with van der Waals surface area (Å²) in [6, 6.07) is 1.70. The summed E-state index contributed by atoms with van der Waals surface area (Å²) in [7, 11) is 1.60. The lowest BCUT2D eigenvalue weighted by molar-refractivity contribution is 0.178. The second-order valence-electron chi connectivity index (χ2n) is 3.73. The van der Waals surface area contributed by atoms with E-state index >= 15 is 0 Å². The van der Waals surface area contributed by atoms with Gasteiger partial charge >= 0.3 is 0 Å². The van der Waals surface area contributed by atoms with E-state index in [1.165, 1.54) is 0 Å². The maximum absolute atomic E-state index is 5.71. The van der Waals surface area contributed by atoms with Crippen LogP contribution in [-0.2, 0) is 17.9 Å². The highest BCUT2D eigenvalue weighted by molar-refractivity contribution is 7.11. The molecule has 2 aromatic rings. The molecule has 7 heteroatoms. The number of nitrogen functional groups attached to an aromatic ring is 1. The molecule has 0 atom stereocenters. The Kier molecular flexibility index (Phi) is 4.06. The monoisotopic (exact) mass is 265 g/mol. The van der Waals surface area contributed by atoms with E-state index in [0.29, 0.717) is 30.6 Å². The number of rotatable bonds is 5. The van der Waals surface area contributed by atoms with Gasteiger partial charge in [0.25, 0.3) is 0 Å². The van der Waals surface area contributed by atoms with Crippen molar-refractivity contribution in [3.05, 3.63) is 28.0 Å². The van der Waals surface area contributed by atoms with Crippen LogP contribution in [0.15, 0.2) is 12.3 Å². The topological polar surface area (TPSA) is 86.0 Å². The molecule has 3 N–H and O–H groups in total. The van der Waals surface area contributed by atoms with Crippen LogP contribution in [0.1, 0.15) is 15.7 Å². The van der Waals surface area contributed by atoms with Gasteiger partial charge in [-0.25, -0.2) is 15.0 Å². The molecule has 2 rings (SSSR count). The molecular weight excluding hydrogens is 250 g/mol. The van der Waals surface area contributed by atoms with E-state index in [2.05, 4.69) is 20.3 Å². The highest BCUT2D eigenvalue weighted by Gasteiger charge is 2.03. The average molecular weight is 265 g/mol. The average Bonchev–Trinajstić information content (AvgIpc) is 2.72. The van der Waals surface area contributed by atoms with Crippen molar-refractivity contribution < 1.29 is 4.74 Å². The van der Waals surface area contributed by atoms with Gasteiger partial charge in [-0.1, -0.05) is 0 Å². The quantitative estimate of drug-likeness (QED) is 0.853. The molecule has 0 aliphatic heterocycles. The van der Waals surface area contributed by atoms with Gasteiger partial charge in [0.1, 0.15) is 18.2 Å². The smallest absolute Gasteiger partial charge is 0.158 e. The third-order valence-corrected chi connectivity index (χ3v) is 3.09. The predicted molar refractivity (Wildman–Crippen MR) is 71.3 cm³/mol. The second-order valence-corrected chi connectivity index (χ2v) is 5.05. The van der Waals surface area contributed by atoms with Gasteiger partial charge < -0.3 is 15.8 Å². The number of nitrogens with one attached hydrogen (secondary N) is 1. The third kappa shape index (κ3) is 3.38. The maximum Gasteiger partial charge on any atom is 0.158 e. The van der Waals surface area contributed by atoms with E-state index < -0.39 is 0 Å². The summed E-state index contributed by atoms with van der Waals surface area (Å²) in [5, 5.41) is 4.25. The van der Waals surface area contributed by atoms with Gasteiger partial charge in [-0.15, -0.1) is 11.3 Å². The van der Waals surface area contributed by atoms with Crippen LogP contribution < -0.4 is 11.1 Å². The summed E-state index contributed by atoms with van der Waals surface area (Å²) >= 11 is 1.65. The molecule has 2 heterocycles. The zero-order valence-electron chi connectivity index (χ0n) is 10.3. The Bertz CT molecular complexity index is 528. The lowest BCUT2D eigenvalue weighted by Gasteiger charge is -2.06. The molecule has 0 aliphatic rings. The molecule has 6 nitrogen and oxygen atoms in total. The van der Waals surface area contributed by atoms with Crippen molar-refractivity contribution in [2.45, 2.75) is 20.1 Å². The maximum atomic E-state index is 5.71. The van der Waals surface area contributed by atoms with E-state index in [-0.39, 0.29) is 0 Å². The highest BCUT2D eigenvalue weighted by atomic mass is 32.1. The molecule has 0 amide bonds. The normalized spacial score (nSPS) is 10.6. The number of methoxy groups -OCH3 is 1. The first-order valence-electron chi connectivity index (χ1n) is 5.45. The van der Waals surface area contributed by atoms with Crippen molar-refractivity contribution in [2.24, 2.45) is 0 Å². The van der Waals surface area contributed by atoms with Crippen molar-refractivity contribution in [2.75, 3.05) is 18.2 Å². The third-order valence-electron chi connectivity index (χ3n) is 2.18. The number of nitrogens with two attached hydrogens (primary N) is 1. The molecule has 0 spiro atoms. The van der Waals surface area contributed by atoms with Gasteiger partial charge in [0, 0.05) is 24.3 Å². The molecule has 2 aromatic heterocycles. The number of hydrogen-bond donors (Lipinski definition) is 2. The standard InChI is InChI=1S/C11H15N5OS/c1-7-13-4-8(18-7)5-14-10-3-9(12)15-11(16-10)6-17-2/h3-4H,5-6H2,1-2H3,(H3,12,14,15,16). The van der Waals surface area contributed by atoms with Crippen molar-refractivity contribution in [1.29, 1.82) is 0 Å². The Hall–Kier alpha value is -1.73. The van der Waals surface area contributed by atoms with Crippen molar-refractivity contribution in [1.82, 2.24) is 15.0 Å². The lowest BCUT2D eigenvalue weighted by atomic mass is 10.4. The van der Waals surface area contributed by atoms with Crippen LogP contribution in [0.5, 0.6) is 0 Å². The number of aryl methyl sites for hydroxylation is 1. The number of ether oxygens (including phenoxy) is 1. The molecule has 0 bridgehead atoms. The van der Waals surface area contributed by atoms with E-state index in [0.717, 1.165) is 9.88 Å². The summed E-state index contributed by atoms with van der Waals surface area (Å²) in [5.41, 5.74) is 5.71. The summed E-state index contributed by atoms with van der Waals surface area (Å²) in [4.78, 5) is 13.7. The molecule has 96 valence electrons. The number of nitrogens with zero attached hydrogens (tertiary/aromatic N) is 3. The van der Waals surface area contributed by atoms with Crippen LogP contribution >= 0.6 is 11.3 Å². The van der Waals surface area contributed by atoms with Gasteiger partial charge in [0.05, 0.1) is 11.6 Å². The Labute approximate surface area is 109 Å². The fraction of sp³-hybridized carbons (Fsp3) is 0.364. The zero-order valence-corrected chi connectivity index (χ0v) is 11.1. The number of hydrogen-bond acceptors (Lipinski definition) is 7. The second kappa shape index (κ2) is 5.74. The van der Waals surface area contributed by atoms with E-state index in [1.807, 2.05) is 13.1 Å². The summed E-state index contributed by atoms with van der Waals surface area (Å²) < 4.78 is 4.99. The van der Waals surface area contributed by atoms with E-state index in [9.17, 15) is 0 Å². The first kappa shape index (κ1) is 12.7. The van der Waals surface area contributed by atoms with Crippen molar-refractivity contribution in [3.8, 4) is 0 Å². The van der Waals surface area contributed by atoms with Crippen LogP contribution in [0.3, 0.4) is 0 Å². The molecule has 0 saturated heterocycles. The van der Waals surface area contributed by atoms with Gasteiger partial charge in [0.2, 0.25) is 0 Å². The molecule has 0 aliphatic carbocycles. The Morgan fingerprint density at radius 2 is 2.28 bits per heavy atom. The van der Waals surface area contributed by atoms with Crippen LogP contribution in [0, 0.1) is 6.92 Å². The minimum atomic E-state index is 0.347. The van der Waals surface area contributed by atoms with E-state index in [4.69, 9.17) is 10.5 Å². The molecular formula is C11H15N5OS. The van der Waals surface area contributed by atoms with Gasteiger partial charge in [-0.2, -0.15) is 0 Å². The predicted octanol–water partition coefficient (Wildman–Crippen LogP) is 1.58. The highest BCUT2D eigenvalue weighted by Crippen LogP contribution is 2.14. The van der Waals surface area contributed by atoms with Gasteiger partial charge in [-0.3, -0.25) is 0 Å². The van der Waals surface area contributed by atoms with Gasteiger partial charge in [0.15, 0.2) is 5.82 Å². The Morgan fingerprint density at radius 3 is 2.94 bits per heavy atom. The minimum absolute atomic E-state index is 0.347. The number of aromatic nitrogens is 3. The first-order valence-corrected chi connectivity index (χ1v) is 6.26. The lowest BCUT2D eigenvalue weighted by Crippen LogP contribution is -2.06. The SMILES string of the molecule is COCc1nc(N)cc(NCc2cnc(C)s2)n1. The fourth-order valence-corrected chi connectivity index (χ4v) is 2.20. The summed E-state index contributed by atoms with van der Waals surface area (Å²) in [6.07, 6.45) is 1.85. The van der Waals surface area contributed by atoms with Gasteiger partial charge in [-0.05, 0) is 6.92 Å². The van der Waals surface area contributed by atoms with Crippen molar-refractivity contribution in [3.63, 3.8) is 0 Å². The Morgan fingerprint density at radius 1 is 1.44 bits per heavy atom. The van der Waals surface area contributed by atoms with Crippen molar-refractivity contribution >= 4 is 23.0 Å². The van der Waals surface area contributed by atoms with E-state index in [1.54, 1.807) is 24.5 Å². The molecule has 0 saturated carbocycles. The van der Waals surface area contributed by atoms with Crippen LogP contribution in [-0.4, -0.2) is 22.1 Å². The van der Waals surface area contributed by atoms with Crippen LogP contribution in [0.4, 0.5) is 11.6 Å². The van der Waals surface area contributed by atoms with Crippen LogP contribution in [0.25, 0.3) is 0 Å². The summed E-state index contributed by atoms with van der Waals surface area (Å²) in [5.74, 6) is 1.70. The molecule has 0 aromatic carbocycles. The Balaban J connectivity index is 2.04. The minimum Gasteiger partial charge on any atom is -0.384 e. The number of anilines is 2. The van der Waals surface area contributed by atoms with Crippen LogP contribution in [0.2, 0.25) is 0 Å². The summed E-state index contributed by atoms with van der Waals surface area (Å²) in [6.45, 7) is 3.00. The molecule has 0 fully saturated rings. The zero-order chi connectivity index (χ0) is 13.0.